The smallest absolute Gasteiger partial charge is 0.261 e. The second-order valence-electron chi connectivity index (χ2n) is 8.36. The van der Waals surface area contributed by atoms with Gasteiger partial charge in [0.25, 0.3) is 5.91 Å². The van der Waals surface area contributed by atoms with Crippen molar-refractivity contribution in [3.8, 4) is 5.75 Å². The van der Waals surface area contributed by atoms with Crippen LogP contribution in [-0.2, 0) is 0 Å². The van der Waals surface area contributed by atoms with Crippen LogP contribution in [0, 0.1) is 5.92 Å². The number of fused-ring (bicyclic) bond motifs is 3. The first-order chi connectivity index (χ1) is 12.5. The third-order valence-electron chi connectivity index (χ3n) is 6.36. The zero-order valence-corrected chi connectivity index (χ0v) is 16.3. The molecule has 5 heteroatoms. The van der Waals surface area contributed by atoms with E-state index in [2.05, 4.69) is 16.3 Å². The largest absolute Gasteiger partial charge is 0.491 e. The van der Waals surface area contributed by atoms with Crippen LogP contribution in [0.1, 0.15) is 49.2 Å². The number of thiophene rings is 1. The Hall–Kier alpha value is -1.59. The Morgan fingerprint density at radius 3 is 2.73 bits per heavy atom. The standard InChI is InChI=1S/C21H26N2O2S/c1-13(2)25-16-4-3-15-11-18(26-17(15)12-16)20(24)22-19-14-5-9-23(10-6-14)21(19)7-8-21/h3-4,11-14,19H,5-10H2,1-2H3,(H,22,24). The number of hydrogen-bond acceptors (Lipinski definition) is 4. The van der Waals surface area contributed by atoms with Gasteiger partial charge in [-0.2, -0.15) is 0 Å². The molecule has 138 valence electrons. The number of benzene rings is 1. The van der Waals surface area contributed by atoms with Gasteiger partial charge in [-0.05, 0) is 88.2 Å². The molecule has 1 saturated carbocycles. The van der Waals surface area contributed by atoms with Crippen LogP contribution in [0.3, 0.4) is 0 Å². The number of rotatable bonds is 4. The van der Waals surface area contributed by atoms with Gasteiger partial charge in [-0.1, -0.05) is 0 Å². The molecule has 3 saturated heterocycles. The summed E-state index contributed by atoms with van der Waals surface area (Å²) in [7, 11) is 0. The lowest BCUT2D eigenvalue weighted by Crippen LogP contribution is -2.65. The summed E-state index contributed by atoms with van der Waals surface area (Å²) in [6.45, 7) is 6.50. The van der Waals surface area contributed by atoms with Crippen LogP contribution in [0.5, 0.6) is 5.75 Å². The molecule has 1 spiro atoms. The Morgan fingerprint density at radius 2 is 2.04 bits per heavy atom. The lowest BCUT2D eigenvalue weighted by Gasteiger charge is -2.52. The maximum Gasteiger partial charge on any atom is 0.261 e. The maximum atomic E-state index is 13.0. The van der Waals surface area contributed by atoms with E-state index in [1.165, 1.54) is 38.8 Å². The molecule has 1 unspecified atom stereocenters. The Kier molecular flexibility index (Phi) is 3.80. The van der Waals surface area contributed by atoms with E-state index in [4.69, 9.17) is 4.74 Å². The van der Waals surface area contributed by atoms with Crippen molar-refractivity contribution in [1.29, 1.82) is 0 Å². The Bertz CT molecular complexity index is 847. The highest BCUT2D eigenvalue weighted by Gasteiger charge is 2.60. The highest BCUT2D eigenvalue weighted by atomic mass is 32.1. The van der Waals surface area contributed by atoms with Gasteiger partial charge in [0.2, 0.25) is 0 Å². The molecule has 1 amide bonds. The number of carbonyl (C=O) groups excluding carboxylic acids is 1. The molecule has 1 aliphatic carbocycles. The van der Waals surface area contributed by atoms with E-state index in [1.807, 2.05) is 32.0 Å². The Labute approximate surface area is 158 Å². The summed E-state index contributed by atoms with van der Waals surface area (Å²) in [6.07, 6.45) is 5.11. The van der Waals surface area contributed by atoms with Crippen LogP contribution < -0.4 is 10.1 Å². The number of hydrogen-bond donors (Lipinski definition) is 1. The van der Waals surface area contributed by atoms with E-state index >= 15 is 0 Å². The normalized spacial score (nSPS) is 28.7. The van der Waals surface area contributed by atoms with Gasteiger partial charge in [-0.3, -0.25) is 9.69 Å². The molecule has 0 radical (unpaired) electrons. The van der Waals surface area contributed by atoms with Crippen molar-refractivity contribution in [3.05, 3.63) is 29.1 Å². The molecule has 3 aliphatic heterocycles. The summed E-state index contributed by atoms with van der Waals surface area (Å²) >= 11 is 1.57. The summed E-state index contributed by atoms with van der Waals surface area (Å²) in [6, 6.07) is 8.45. The first-order valence-electron chi connectivity index (χ1n) is 9.81. The van der Waals surface area contributed by atoms with E-state index < -0.39 is 0 Å². The van der Waals surface area contributed by atoms with E-state index in [1.54, 1.807) is 11.3 Å². The quantitative estimate of drug-likeness (QED) is 0.883. The topological polar surface area (TPSA) is 41.6 Å². The van der Waals surface area contributed by atoms with Crippen LogP contribution in [0.15, 0.2) is 24.3 Å². The van der Waals surface area contributed by atoms with Gasteiger partial charge in [-0.15, -0.1) is 11.3 Å². The molecule has 4 nitrogen and oxygen atoms in total. The van der Waals surface area contributed by atoms with Gasteiger partial charge in [0.15, 0.2) is 0 Å². The van der Waals surface area contributed by atoms with Crippen molar-refractivity contribution in [3.63, 3.8) is 0 Å². The SMILES string of the molecule is CC(C)Oc1ccc2cc(C(=O)NC3C4CCN(CC4)C34CC4)sc2c1. The highest BCUT2D eigenvalue weighted by Crippen LogP contribution is 2.53. The second-order valence-corrected chi connectivity index (χ2v) is 9.44. The Morgan fingerprint density at radius 1 is 1.27 bits per heavy atom. The van der Waals surface area contributed by atoms with Crippen molar-refractivity contribution in [2.75, 3.05) is 13.1 Å². The van der Waals surface area contributed by atoms with Crippen molar-refractivity contribution < 1.29 is 9.53 Å². The molecule has 6 rings (SSSR count). The minimum Gasteiger partial charge on any atom is -0.491 e. The molecule has 4 heterocycles. The summed E-state index contributed by atoms with van der Waals surface area (Å²) < 4.78 is 6.90. The van der Waals surface area contributed by atoms with E-state index in [0.717, 1.165) is 20.7 Å². The fourth-order valence-electron chi connectivity index (χ4n) is 5.00. The molecular formula is C21H26N2O2S. The van der Waals surface area contributed by atoms with Gasteiger partial charge >= 0.3 is 0 Å². The van der Waals surface area contributed by atoms with E-state index in [-0.39, 0.29) is 17.6 Å². The number of carbonyl (C=O) groups is 1. The van der Waals surface area contributed by atoms with Gasteiger partial charge in [0, 0.05) is 10.2 Å². The van der Waals surface area contributed by atoms with E-state index in [9.17, 15) is 4.79 Å². The lowest BCUT2D eigenvalue weighted by atomic mass is 9.77. The minimum atomic E-state index is 0.0996. The number of ether oxygens (including phenoxy) is 1. The van der Waals surface area contributed by atoms with E-state index in [0.29, 0.717) is 12.0 Å². The minimum absolute atomic E-state index is 0.0996. The summed E-state index contributed by atoms with van der Waals surface area (Å²) in [4.78, 5) is 16.4. The van der Waals surface area contributed by atoms with Crippen LogP contribution in [0.25, 0.3) is 10.1 Å². The summed E-state index contributed by atoms with van der Waals surface area (Å²) in [5, 5.41) is 4.54. The highest BCUT2D eigenvalue weighted by molar-refractivity contribution is 7.20. The molecule has 1 N–H and O–H groups in total. The van der Waals surface area contributed by atoms with Crippen molar-refractivity contribution in [2.24, 2.45) is 5.92 Å². The number of nitrogens with zero attached hydrogens (tertiary/aromatic N) is 1. The van der Waals surface area contributed by atoms with Crippen LogP contribution >= 0.6 is 11.3 Å². The average molecular weight is 371 g/mol. The van der Waals surface area contributed by atoms with Gasteiger partial charge in [-0.25, -0.2) is 0 Å². The van der Waals surface area contributed by atoms with Crippen molar-refractivity contribution in [2.45, 2.75) is 57.2 Å². The first kappa shape index (κ1) is 16.6. The molecule has 2 bridgehead atoms. The molecular weight excluding hydrogens is 344 g/mol. The second kappa shape index (κ2) is 5.96. The molecule has 1 aromatic heterocycles. The lowest BCUT2D eigenvalue weighted by molar-refractivity contribution is -0.00138. The predicted octanol–water partition coefficient (Wildman–Crippen LogP) is 4.05. The molecule has 4 aliphatic rings. The third-order valence-corrected chi connectivity index (χ3v) is 7.45. The predicted molar refractivity (Wildman–Crippen MR) is 105 cm³/mol. The van der Waals surface area contributed by atoms with Gasteiger partial charge in [0.1, 0.15) is 5.75 Å². The van der Waals surface area contributed by atoms with Gasteiger partial charge in [0.05, 0.1) is 17.0 Å². The maximum absolute atomic E-state index is 13.0. The molecule has 1 aromatic carbocycles. The Balaban J connectivity index is 1.37. The number of piperidine rings is 3. The fourth-order valence-corrected chi connectivity index (χ4v) is 6.00. The zero-order valence-electron chi connectivity index (χ0n) is 15.5. The summed E-state index contributed by atoms with van der Waals surface area (Å²) in [5.74, 6) is 1.63. The number of nitrogens with one attached hydrogen (secondary N) is 1. The van der Waals surface area contributed by atoms with Crippen LogP contribution in [0.4, 0.5) is 0 Å². The molecule has 2 aromatic rings. The molecule has 4 fully saturated rings. The molecule has 26 heavy (non-hydrogen) atoms. The fraction of sp³-hybridized carbons (Fsp3) is 0.571. The zero-order chi connectivity index (χ0) is 17.9. The van der Waals surface area contributed by atoms with Crippen molar-refractivity contribution in [1.82, 2.24) is 10.2 Å². The third kappa shape index (κ3) is 2.64. The monoisotopic (exact) mass is 370 g/mol. The van der Waals surface area contributed by atoms with Crippen LogP contribution in [-0.4, -0.2) is 41.6 Å². The summed E-state index contributed by atoms with van der Waals surface area (Å²) in [5.41, 5.74) is 0.284. The van der Waals surface area contributed by atoms with Crippen molar-refractivity contribution >= 4 is 27.3 Å². The molecule has 1 atom stereocenters. The van der Waals surface area contributed by atoms with Crippen LogP contribution in [0.2, 0.25) is 0 Å². The average Bonchev–Trinajstić information content (AvgIpc) is 3.28. The number of amides is 1. The van der Waals surface area contributed by atoms with Gasteiger partial charge < -0.3 is 10.1 Å². The first-order valence-corrected chi connectivity index (χ1v) is 10.6.